The fourth-order valence-corrected chi connectivity index (χ4v) is 4.87. The molecule has 5 unspecified atom stereocenters. The summed E-state index contributed by atoms with van der Waals surface area (Å²) < 4.78 is 5.71. The maximum Gasteiger partial charge on any atom is 0.233 e. The molecule has 0 spiro atoms. The first-order valence-electron chi connectivity index (χ1n) is 9.78. The van der Waals surface area contributed by atoms with Crippen molar-refractivity contribution in [3.8, 4) is 0 Å². The molecule has 3 fully saturated rings. The summed E-state index contributed by atoms with van der Waals surface area (Å²) in [6.45, 7) is 2.45. The molecule has 2 bridgehead atoms. The zero-order valence-electron chi connectivity index (χ0n) is 15.3. The van der Waals surface area contributed by atoms with Crippen LogP contribution < -0.4 is 10.6 Å². The highest BCUT2D eigenvalue weighted by Gasteiger charge is 2.58. The van der Waals surface area contributed by atoms with Gasteiger partial charge in [-0.2, -0.15) is 0 Å². The van der Waals surface area contributed by atoms with E-state index in [4.69, 9.17) is 4.74 Å². The number of imide groups is 1. The first-order valence-corrected chi connectivity index (χ1v) is 9.78. The van der Waals surface area contributed by atoms with E-state index in [-0.39, 0.29) is 41.6 Å². The molecular weight excluding hydrogens is 332 g/mol. The molecule has 4 aliphatic rings. The average molecular weight is 360 g/mol. The van der Waals surface area contributed by atoms with Crippen LogP contribution in [0.2, 0.25) is 0 Å². The molecule has 2 saturated heterocycles. The lowest BCUT2D eigenvalue weighted by atomic mass is 9.85. The van der Waals surface area contributed by atoms with Crippen LogP contribution in [0.4, 0.5) is 0 Å². The number of carbonyl (C=O) groups excluding carboxylic acids is 2. The number of fused-ring (bicyclic) bond motifs is 5. The van der Waals surface area contributed by atoms with Crippen LogP contribution >= 0.6 is 0 Å². The normalized spacial score (nSPS) is 36.0. The van der Waals surface area contributed by atoms with Crippen molar-refractivity contribution in [1.29, 1.82) is 0 Å². The molecule has 26 heavy (non-hydrogen) atoms. The summed E-state index contributed by atoms with van der Waals surface area (Å²) in [5, 5.41) is 6.47. The number of carbonyl (C=O) groups is 2. The lowest BCUT2D eigenvalue weighted by Gasteiger charge is -2.24. The van der Waals surface area contributed by atoms with Gasteiger partial charge < -0.3 is 15.4 Å². The summed E-state index contributed by atoms with van der Waals surface area (Å²) in [5.74, 6) is 1.01. The molecule has 2 amide bonds. The van der Waals surface area contributed by atoms with Crippen molar-refractivity contribution in [2.24, 2.45) is 28.7 Å². The van der Waals surface area contributed by atoms with Crippen LogP contribution in [0.1, 0.15) is 25.7 Å². The number of nitrogens with one attached hydrogen (secondary N) is 2. The number of hydrogen-bond acceptors (Lipinski definition) is 4. The summed E-state index contributed by atoms with van der Waals surface area (Å²) in [6.07, 6.45) is 8.86. The summed E-state index contributed by atoms with van der Waals surface area (Å²) in [4.78, 5) is 30.9. The van der Waals surface area contributed by atoms with E-state index in [1.165, 1.54) is 11.3 Å². The lowest BCUT2D eigenvalue weighted by Crippen LogP contribution is -2.46. The lowest BCUT2D eigenvalue weighted by molar-refractivity contribution is -0.140. The first-order chi connectivity index (χ1) is 12.7. The SMILES string of the molecule is CN=C(NCCN1C(=O)C2C3C=CC(C3)C2C1=O)NCC1CCCCO1. The fraction of sp³-hybridized carbons (Fsp3) is 0.737. The molecular formula is C19H28N4O3. The molecule has 0 aromatic heterocycles. The van der Waals surface area contributed by atoms with Gasteiger partial charge >= 0.3 is 0 Å². The van der Waals surface area contributed by atoms with E-state index in [2.05, 4.69) is 27.8 Å². The minimum atomic E-state index is -0.113. The summed E-state index contributed by atoms with van der Waals surface area (Å²) in [7, 11) is 1.72. The van der Waals surface area contributed by atoms with Gasteiger partial charge in [-0.1, -0.05) is 12.2 Å². The Morgan fingerprint density at radius 1 is 1.19 bits per heavy atom. The van der Waals surface area contributed by atoms with Gasteiger partial charge in [0.2, 0.25) is 11.8 Å². The third-order valence-electron chi connectivity index (χ3n) is 6.18. The summed E-state index contributed by atoms with van der Waals surface area (Å²) in [6, 6.07) is 0. The number of likely N-dealkylation sites (tertiary alicyclic amines) is 1. The number of aliphatic imine (C=N–C) groups is 1. The van der Waals surface area contributed by atoms with E-state index >= 15 is 0 Å². The summed E-state index contributed by atoms with van der Waals surface area (Å²) >= 11 is 0. The molecule has 142 valence electrons. The second kappa shape index (κ2) is 7.39. The largest absolute Gasteiger partial charge is 0.376 e. The van der Waals surface area contributed by atoms with E-state index < -0.39 is 0 Å². The van der Waals surface area contributed by atoms with E-state index in [0.29, 0.717) is 19.0 Å². The van der Waals surface area contributed by atoms with Gasteiger partial charge in [0.15, 0.2) is 5.96 Å². The van der Waals surface area contributed by atoms with Crippen LogP contribution in [0.5, 0.6) is 0 Å². The maximum absolute atomic E-state index is 12.6. The van der Waals surface area contributed by atoms with Gasteiger partial charge in [0, 0.05) is 33.3 Å². The highest BCUT2D eigenvalue weighted by Crippen LogP contribution is 2.52. The number of amides is 2. The first kappa shape index (κ1) is 17.5. The van der Waals surface area contributed by atoms with Crippen molar-refractivity contribution in [2.75, 3.05) is 33.3 Å². The van der Waals surface area contributed by atoms with Crippen molar-refractivity contribution in [3.63, 3.8) is 0 Å². The number of hydrogen-bond donors (Lipinski definition) is 2. The molecule has 4 rings (SSSR count). The summed E-state index contributed by atoms with van der Waals surface area (Å²) in [5.41, 5.74) is 0. The van der Waals surface area contributed by atoms with Crippen molar-refractivity contribution in [3.05, 3.63) is 12.2 Å². The van der Waals surface area contributed by atoms with Crippen molar-refractivity contribution in [1.82, 2.24) is 15.5 Å². The number of guanidine groups is 1. The minimum absolute atomic E-state index is 0.0113. The Morgan fingerprint density at radius 3 is 2.54 bits per heavy atom. The van der Waals surface area contributed by atoms with Crippen LogP contribution in [0.3, 0.4) is 0 Å². The van der Waals surface area contributed by atoms with Gasteiger partial charge in [0.25, 0.3) is 0 Å². The van der Waals surface area contributed by atoms with E-state index in [1.807, 2.05) is 0 Å². The predicted octanol–water partition coefficient (Wildman–Crippen LogP) is 0.528. The second-order valence-corrected chi connectivity index (χ2v) is 7.70. The molecule has 7 nitrogen and oxygen atoms in total. The van der Waals surface area contributed by atoms with Gasteiger partial charge in [-0.25, -0.2) is 0 Å². The highest BCUT2D eigenvalue weighted by molar-refractivity contribution is 6.06. The highest BCUT2D eigenvalue weighted by atomic mass is 16.5. The van der Waals surface area contributed by atoms with Gasteiger partial charge in [-0.15, -0.1) is 0 Å². The molecule has 0 radical (unpaired) electrons. The third-order valence-corrected chi connectivity index (χ3v) is 6.18. The number of ether oxygens (including phenoxy) is 1. The number of allylic oxidation sites excluding steroid dienone is 2. The third kappa shape index (κ3) is 3.13. The van der Waals surface area contributed by atoms with Crippen LogP contribution in [0.15, 0.2) is 17.1 Å². The standard InChI is InChI=1S/C19H28N4O3/c1-20-19(22-11-14-4-2-3-9-26-14)21-7-8-23-17(24)15-12-5-6-13(10-12)16(15)18(23)25/h5-6,12-16H,2-4,7-11H2,1H3,(H2,20,21,22). The van der Waals surface area contributed by atoms with E-state index in [0.717, 1.165) is 32.4 Å². The Kier molecular flexibility index (Phi) is 4.98. The van der Waals surface area contributed by atoms with Gasteiger partial charge in [0.1, 0.15) is 0 Å². The van der Waals surface area contributed by atoms with E-state index in [1.54, 1.807) is 7.05 Å². The topological polar surface area (TPSA) is 83.0 Å². The number of nitrogens with zero attached hydrogens (tertiary/aromatic N) is 2. The Labute approximate surface area is 154 Å². The zero-order chi connectivity index (χ0) is 18.1. The Hall–Kier alpha value is -1.89. The van der Waals surface area contributed by atoms with Crippen molar-refractivity contribution >= 4 is 17.8 Å². The van der Waals surface area contributed by atoms with Gasteiger partial charge in [-0.05, 0) is 37.5 Å². The zero-order valence-corrected chi connectivity index (χ0v) is 15.3. The molecule has 0 aromatic rings. The molecule has 2 N–H and O–H groups in total. The van der Waals surface area contributed by atoms with Crippen molar-refractivity contribution < 1.29 is 14.3 Å². The predicted molar refractivity (Wildman–Crippen MR) is 97.4 cm³/mol. The molecule has 2 aliphatic carbocycles. The Bertz CT molecular complexity index is 596. The fourth-order valence-electron chi connectivity index (χ4n) is 4.87. The Morgan fingerprint density at radius 2 is 1.92 bits per heavy atom. The maximum atomic E-state index is 12.6. The van der Waals surface area contributed by atoms with Gasteiger partial charge in [-0.3, -0.25) is 19.5 Å². The van der Waals surface area contributed by atoms with E-state index in [9.17, 15) is 9.59 Å². The average Bonchev–Trinajstić information content (AvgIpc) is 3.34. The van der Waals surface area contributed by atoms with Crippen LogP contribution in [-0.2, 0) is 14.3 Å². The molecule has 7 heteroatoms. The number of rotatable bonds is 5. The van der Waals surface area contributed by atoms with Crippen LogP contribution in [-0.4, -0.2) is 62.1 Å². The second-order valence-electron chi connectivity index (χ2n) is 7.70. The molecule has 2 heterocycles. The van der Waals surface area contributed by atoms with Crippen LogP contribution in [0.25, 0.3) is 0 Å². The molecule has 0 aromatic carbocycles. The smallest absolute Gasteiger partial charge is 0.233 e. The Balaban J connectivity index is 1.24. The molecule has 5 atom stereocenters. The molecule has 2 aliphatic heterocycles. The monoisotopic (exact) mass is 360 g/mol. The van der Waals surface area contributed by atoms with Crippen LogP contribution in [0, 0.1) is 23.7 Å². The quantitative estimate of drug-likeness (QED) is 0.323. The van der Waals surface area contributed by atoms with Crippen molar-refractivity contribution in [2.45, 2.75) is 31.8 Å². The minimum Gasteiger partial charge on any atom is -0.376 e. The van der Waals surface area contributed by atoms with Gasteiger partial charge in [0.05, 0.1) is 17.9 Å². The molecule has 1 saturated carbocycles.